The highest BCUT2D eigenvalue weighted by atomic mass is 15.0. The molecule has 0 spiro atoms. The van der Waals surface area contributed by atoms with Gasteiger partial charge in [0.2, 0.25) is 0 Å². The Balaban J connectivity index is 0.678. The van der Waals surface area contributed by atoms with Crippen LogP contribution in [0.4, 0.5) is 0 Å². The molecule has 19 aromatic carbocycles. The molecule has 510 valence electrons. The summed E-state index contributed by atoms with van der Waals surface area (Å²) in [5.41, 5.74) is 18.4. The van der Waals surface area contributed by atoms with Gasteiger partial charge < -0.3 is 0 Å². The van der Waals surface area contributed by atoms with Crippen LogP contribution in [0.2, 0.25) is 0 Å². The summed E-state index contributed by atoms with van der Waals surface area (Å²) in [7, 11) is 0. The van der Waals surface area contributed by atoms with Crippen LogP contribution in [0.1, 0.15) is 0 Å². The molecule has 0 fully saturated rings. The van der Waals surface area contributed by atoms with E-state index in [-0.39, 0.29) is 0 Å². The molecule has 0 saturated carbocycles. The maximum absolute atomic E-state index is 5.54. The molecular weight excluding hydrogens is 1330 g/mol. The number of hydrogen-bond donors (Lipinski definition) is 0. The Kier molecular flexibility index (Phi) is 15.5. The van der Waals surface area contributed by atoms with Gasteiger partial charge in [-0.25, -0.2) is 29.9 Å². The number of aromatic nitrogens is 6. The van der Waals surface area contributed by atoms with E-state index in [0.717, 1.165) is 111 Å². The molecule has 0 aliphatic heterocycles. The lowest BCUT2D eigenvalue weighted by molar-refractivity contribution is 1.07. The van der Waals surface area contributed by atoms with Crippen LogP contribution in [0.25, 0.3) is 221 Å². The molecule has 2 aromatic heterocycles. The summed E-state index contributed by atoms with van der Waals surface area (Å²) in [6, 6.07) is 139. The van der Waals surface area contributed by atoms with Gasteiger partial charge in [-0.05, 0) is 189 Å². The number of nitrogens with zero attached hydrogens (tertiary/aromatic N) is 6. The van der Waals surface area contributed by atoms with Gasteiger partial charge in [0.1, 0.15) is 0 Å². The highest BCUT2D eigenvalue weighted by Gasteiger charge is 2.25. The molecular formula is C104H64N6. The molecule has 0 N–H and O–H groups in total. The first-order valence-electron chi connectivity index (χ1n) is 37.4. The van der Waals surface area contributed by atoms with E-state index in [0.29, 0.717) is 34.9 Å². The number of benzene rings is 19. The van der Waals surface area contributed by atoms with Crippen molar-refractivity contribution in [1.82, 2.24) is 29.9 Å². The lowest BCUT2D eigenvalue weighted by atomic mass is 9.85. The quantitative estimate of drug-likeness (QED) is 0.113. The Morgan fingerprint density at radius 3 is 0.836 bits per heavy atom. The zero-order valence-corrected chi connectivity index (χ0v) is 59.6. The van der Waals surface area contributed by atoms with Gasteiger partial charge in [0.15, 0.2) is 34.9 Å². The molecule has 0 radical (unpaired) electrons. The van der Waals surface area contributed by atoms with Crippen LogP contribution in [-0.2, 0) is 0 Å². The molecule has 0 bridgehead atoms. The molecule has 2 heterocycles. The van der Waals surface area contributed by atoms with Crippen molar-refractivity contribution in [1.29, 1.82) is 0 Å². The highest BCUT2D eigenvalue weighted by Crippen LogP contribution is 2.49. The molecule has 21 aromatic rings. The first-order valence-corrected chi connectivity index (χ1v) is 37.4. The average Bonchev–Trinajstić information content (AvgIpc) is 0.721. The van der Waals surface area contributed by atoms with E-state index >= 15 is 0 Å². The van der Waals surface area contributed by atoms with Gasteiger partial charge >= 0.3 is 0 Å². The van der Waals surface area contributed by atoms with Gasteiger partial charge in [0.05, 0.1) is 0 Å². The summed E-state index contributed by atoms with van der Waals surface area (Å²) >= 11 is 0. The lowest BCUT2D eigenvalue weighted by Gasteiger charge is -2.18. The molecule has 0 amide bonds. The van der Waals surface area contributed by atoms with E-state index in [1.54, 1.807) is 0 Å². The Morgan fingerprint density at radius 1 is 0.109 bits per heavy atom. The molecule has 21 rings (SSSR count). The zero-order valence-electron chi connectivity index (χ0n) is 59.6. The largest absolute Gasteiger partial charge is 0.208 e. The fraction of sp³-hybridized carbons (Fsp3) is 0. The van der Waals surface area contributed by atoms with Crippen molar-refractivity contribution in [3.8, 4) is 135 Å². The second kappa shape index (κ2) is 26.7. The molecule has 0 unspecified atom stereocenters. The van der Waals surface area contributed by atoms with Crippen molar-refractivity contribution in [3.63, 3.8) is 0 Å². The monoisotopic (exact) mass is 1400 g/mol. The standard InChI is InChI=1S/C104H64N6/c1-4-29-65(30-5-1)68-35-27-39-73(60-68)100-105-101(109-103(108-100)90-55-24-18-49-83(90)93-63-95-79-45-13-11-42-76(79)77-43-15-20-51-85(77)97(95)86-52-21-16-47-81(86)93)74-40-28-38-71(61-74)69-36-26-37-70(59-69)72-57-58-88-92(62-72)78-44-12-14-46-80(78)96-64-94(82-48-17-22-53-87(82)98(88)96)84-50-19-25-56-91(84)104-107-99(67-33-8-3-9-34-67)106-102(110-104)89-54-23-10-41-75(89)66-31-6-2-7-32-66/h1-64H. The molecule has 6 nitrogen and oxygen atoms in total. The Bertz CT molecular complexity index is 7280. The van der Waals surface area contributed by atoms with E-state index in [1.807, 2.05) is 24.3 Å². The predicted octanol–water partition coefficient (Wildman–Crippen LogP) is 27.3. The Morgan fingerprint density at radius 2 is 0.373 bits per heavy atom. The van der Waals surface area contributed by atoms with Gasteiger partial charge in [0, 0.05) is 33.4 Å². The average molecular weight is 1400 g/mol. The molecule has 110 heavy (non-hydrogen) atoms. The van der Waals surface area contributed by atoms with Crippen LogP contribution >= 0.6 is 0 Å². The minimum atomic E-state index is 0.580. The smallest absolute Gasteiger partial charge is 0.164 e. The van der Waals surface area contributed by atoms with E-state index in [4.69, 9.17) is 29.9 Å². The van der Waals surface area contributed by atoms with Crippen LogP contribution in [0.5, 0.6) is 0 Å². The molecule has 0 aliphatic carbocycles. The number of fused-ring (bicyclic) bond motifs is 16. The number of rotatable bonds is 12. The molecule has 0 saturated heterocycles. The third-order valence-electron chi connectivity index (χ3n) is 21.9. The predicted molar refractivity (Wildman–Crippen MR) is 458 cm³/mol. The van der Waals surface area contributed by atoms with Crippen molar-refractivity contribution in [2.45, 2.75) is 0 Å². The first-order chi connectivity index (χ1) is 54.5. The number of hydrogen-bond acceptors (Lipinski definition) is 6. The third-order valence-corrected chi connectivity index (χ3v) is 21.9. The highest BCUT2D eigenvalue weighted by molar-refractivity contribution is 6.35. The maximum atomic E-state index is 5.54. The fourth-order valence-electron chi connectivity index (χ4n) is 16.9. The van der Waals surface area contributed by atoms with Crippen molar-refractivity contribution in [2.75, 3.05) is 0 Å². The summed E-state index contributed by atoms with van der Waals surface area (Å²) in [6.45, 7) is 0. The summed E-state index contributed by atoms with van der Waals surface area (Å²) in [4.78, 5) is 32.4. The fourth-order valence-corrected chi connectivity index (χ4v) is 16.9. The SMILES string of the molecule is c1ccc(-c2cccc(-c3nc(-c4cccc(-c5cccc(-c6ccc7c(c6)c6ccccc6c6cc(-c8ccccc8-c8nc(-c9ccccc9)nc(-c9ccccc9-c9ccccc9)n8)c8ccccc8c76)c5)c4)nc(-c4ccccc4-c4cc5c6ccccc6c6ccccc6c5c5ccccc45)n3)c2)cc1. The summed E-state index contributed by atoms with van der Waals surface area (Å²) < 4.78 is 0. The maximum Gasteiger partial charge on any atom is 0.164 e. The van der Waals surface area contributed by atoms with E-state index in [1.165, 1.54) is 75.4 Å². The van der Waals surface area contributed by atoms with Crippen molar-refractivity contribution in [2.24, 2.45) is 0 Å². The van der Waals surface area contributed by atoms with Crippen LogP contribution < -0.4 is 0 Å². The normalized spacial score (nSPS) is 11.6. The van der Waals surface area contributed by atoms with Gasteiger partial charge in [-0.2, -0.15) is 0 Å². The van der Waals surface area contributed by atoms with Crippen LogP contribution in [0.3, 0.4) is 0 Å². The summed E-state index contributed by atoms with van der Waals surface area (Å²) in [5.74, 6) is 3.58. The van der Waals surface area contributed by atoms with Crippen molar-refractivity contribution < 1.29 is 0 Å². The van der Waals surface area contributed by atoms with Gasteiger partial charge in [-0.1, -0.05) is 352 Å². The van der Waals surface area contributed by atoms with E-state index in [9.17, 15) is 0 Å². The summed E-state index contributed by atoms with van der Waals surface area (Å²) in [6.07, 6.45) is 0. The Labute approximate surface area is 635 Å². The van der Waals surface area contributed by atoms with Gasteiger partial charge in [-0.3, -0.25) is 0 Å². The minimum absolute atomic E-state index is 0.580. The van der Waals surface area contributed by atoms with E-state index in [2.05, 4.69) is 364 Å². The molecule has 6 heteroatoms. The van der Waals surface area contributed by atoms with Gasteiger partial charge in [-0.15, -0.1) is 0 Å². The molecule has 0 atom stereocenters. The topological polar surface area (TPSA) is 77.3 Å². The molecule has 0 aliphatic rings. The third kappa shape index (κ3) is 11.0. The lowest BCUT2D eigenvalue weighted by Crippen LogP contribution is -2.02. The summed E-state index contributed by atoms with van der Waals surface area (Å²) in [5, 5.41) is 19.2. The van der Waals surface area contributed by atoms with Crippen molar-refractivity contribution >= 4 is 86.2 Å². The Hall–Kier alpha value is -14.7. The zero-order chi connectivity index (χ0) is 72.6. The van der Waals surface area contributed by atoms with Gasteiger partial charge in [0.25, 0.3) is 0 Å². The second-order valence-electron chi connectivity index (χ2n) is 28.3. The van der Waals surface area contributed by atoms with E-state index < -0.39 is 0 Å². The first kappa shape index (κ1) is 63.7. The van der Waals surface area contributed by atoms with Crippen molar-refractivity contribution in [3.05, 3.63) is 388 Å². The van der Waals surface area contributed by atoms with Crippen LogP contribution in [0, 0.1) is 0 Å². The minimum Gasteiger partial charge on any atom is -0.208 e. The van der Waals surface area contributed by atoms with Crippen LogP contribution in [-0.4, -0.2) is 29.9 Å². The second-order valence-corrected chi connectivity index (χ2v) is 28.3. The van der Waals surface area contributed by atoms with Crippen LogP contribution in [0.15, 0.2) is 388 Å².